The molecule has 3 rings (SSSR count). The van der Waals surface area contributed by atoms with E-state index in [2.05, 4.69) is 16.0 Å². The molecule has 1 atom stereocenters. The molecule has 0 aliphatic carbocycles. The minimum Gasteiger partial charge on any atom is -0.484 e. The number of benzene rings is 1. The van der Waals surface area contributed by atoms with Gasteiger partial charge in [0.15, 0.2) is 6.61 Å². The lowest BCUT2D eigenvalue weighted by molar-refractivity contribution is -0.119. The Kier molecular flexibility index (Phi) is 6.57. The summed E-state index contributed by atoms with van der Waals surface area (Å²) in [6.45, 7) is 3.30. The van der Waals surface area contributed by atoms with Crippen LogP contribution in [-0.2, 0) is 22.7 Å². The fraction of sp³-hybridized carbons (Fsp3) is 0.400. The van der Waals surface area contributed by atoms with Gasteiger partial charge in [0.1, 0.15) is 5.75 Å². The average Bonchev–Trinajstić information content (AvgIpc) is 2.66. The van der Waals surface area contributed by atoms with Crippen molar-refractivity contribution >= 4 is 5.91 Å². The van der Waals surface area contributed by atoms with E-state index in [1.807, 2.05) is 36.5 Å². The summed E-state index contributed by atoms with van der Waals surface area (Å²) in [7, 11) is 0. The molecule has 0 unspecified atom stereocenters. The van der Waals surface area contributed by atoms with Crippen LogP contribution in [0.4, 0.5) is 0 Å². The number of nitrogens with two attached hydrogens (primary N) is 1. The van der Waals surface area contributed by atoms with E-state index in [-0.39, 0.29) is 12.7 Å². The van der Waals surface area contributed by atoms with Gasteiger partial charge in [-0.15, -0.1) is 0 Å². The van der Waals surface area contributed by atoms with Crippen molar-refractivity contribution in [3.05, 3.63) is 59.9 Å². The van der Waals surface area contributed by atoms with Crippen molar-refractivity contribution in [2.75, 3.05) is 19.7 Å². The number of hydrogen-bond donors (Lipinski definition) is 1. The van der Waals surface area contributed by atoms with Crippen LogP contribution in [0.2, 0.25) is 0 Å². The number of hydrogen-bond acceptors (Lipinski definition) is 5. The van der Waals surface area contributed by atoms with Crippen molar-refractivity contribution in [1.82, 2.24) is 9.88 Å². The summed E-state index contributed by atoms with van der Waals surface area (Å²) in [6.07, 6.45) is 6.05. The van der Waals surface area contributed by atoms with Gasteiger partial charge in [-0.25, -0.2) is 0 Å². The van der Waals surface area contributed by atoms with Crippen molar-refractivity contribution in [1.29, 1.82) is 0 Å². The maximum absolute atomic E-state index is 10.8. The lowest BCUT2D eigenvalue weighted by Crippen LogP contribution is -2.39. The first-order valence-corrected chi connectivity index (χ1v) is 8.92. The Balaban J connectivity index is 1.50. The van der Waals surface area contributed by atoms with Gasteiger partial charge in [0.2, 0.25) is 0 Å². The number of likely N-dealkylation sites (tertiary alicyclic amines) is 1. The number of primary amides is 1. The van der Waals surface area contributed by atoms with Crippen LogP contribution in [0.15, 0.2) is 48.8 Å². The van der Waals surface area contributed by atoms with Gasteiger partial charge in [-0.1, -0.05) is 18.2 Å². The summed E-state index contributed by atoms with van der Waals surface area (Å²) >= 11 is 0. The molecule has 1 aromatic carbocycles. The number of ether oxygens (including phenoxy) is 2. The standard InChI is InChI=1S/C20H25N3O3/c21-20(24)15-26-18-6-1-4-16(10-18)12-23-9-3-7-19(13-23)25-14-17-5-2-8-22-11-17/h1-2,4-6,8,10-11,19H,3,7,9,12-15H2,(H2,21,24)/t19-/m1/s1. The van der Waals surface area contributed by atoms with E-state index >= 15 is 0 Å². The normalized spacial score (nSPS) is 17.8. The Hall–Kier alpha value is -2.44. The number of amides is 1. The number of aromatic nitrogens is 1. The van der Waals surface area contributed by atoms with Crippen molar-refractivity contribution in [2.45, 2.75) is 32.1 Å². The molecule has 0 radical (unpaired) electrons. The molecule has 1 saturated heterocycles. The first-order valence-electron chi connectivity index (χ1n) is 8.92. The molecule has 0 saturated carbocycles. The second-order valence-corrected chi connectivity index (χ2v) is 6.57. The zero-order chi connectivity index (χ0) is 18.2. The summed E-state index contributed by atoms with van der Waals surface area (Å²) in [6, 6.07) is 11.8. The van der Waals surface area contributed by atoms with E-state index in [1.54, 1.807) is 6.20 Å². The largest absolute Gasteiger partial charge is 0.484 e. The average molecular weight is 355 g/mol. The smallest absolute Gasteiger partial charge is 0.255 e. The third-order valence-electron chi connectivity index (χ3n) is 4.36. The molecule has 0 spiro atoms. The Morgan fingerprint density at radius 2 is 2.15 bits per heavy atom. The molecule has 2 aromatic rings. The van der Waals surface area contributed by atoms with E-state index in [0.717, 1.165) is 43.6 Å². The van der Waals surface area contributed by atoms with Crippen LogP contribution in [-0.4, -0.2) is 41.6 Å². The van der Waals surface area contributed by atoms with Crippen LogP contribution in [0, 0.1) is 0 Å². The van der Waals surface area contributed by atoms with Crippen LogP contribution in [0.3, 0.4) is 0 Å². The topological polar surface area (TPSA) is 77.7 Å². The second-order valence-electron chi connectivity index (χ2n) is 6.57. The first-order chi connectivity index (χ1) is 12.7. The molecule has 26 heavy (non-hydrogen) atoms. The maximum Gasteiger partial charge on any atom is 0.255 e. The van der Waals surface area contributed by atoms with E-state index in [9.17, 15) is 4.79 Å². The molecule has 1 fully saturated rings. The highest BCUT2D eigenvalue weighted by Gasteiger charge is 2.20. The van der Waals surface area contributed by atoms with Gasteiger partial charge >= 0.3 is 0 Å². The van der Waals surface area contributed by atoms with Gasteiger partial charge in [-0.05, 0) is 48.7 Å². The monoisotopic (exact) mass is 355 g/mol. The van der Waals surface area contributed by atoms with Crippen LogP contribution in [0.1, 0.15) is 24.0 Å². The SMILES string of the molecule is NC(=O)COc1cccc(CN2CCC[C@@H](OCc3cccnc3)C2)c1. The minimum atomic E-state index is -0.472. The summed E-state index contributed by atoms with van der Waals surface area (Å²) in [5.41, 5.74) is 7.38. The van der Waals surface area contributed by atoms with E-state index in [4.69, 9.17) is 15.2 Å². The van der Waals surface area contributed by atoms with Crippen molar-refractivity contribution < 1.29 is 14.3 Å². The van der Waals surface area contributed by atoms with E-state index in [1.165, 1.54) is 0 Å². The zero-order valence-electron chi connectivity index (χ0n) is 14.8. The summed E-state index contributed by atoms with van der Waals surface area (Å²) in [4.78, 5) is 17.4. The fourth-order valence-electron chi connectivity index (χ4n) is 3.14. The lowest BCUT2D eigenvalue weighted by Gasteiger charge is -2.32. The zero-order valence-corrected chi connectivity index (χ0v) is 14.8. The molecular formula is C20H25N3O3. The number of carbonyl (C=O) groups excluding carboxylic acids is 1. The van der Waals surface area contributed by atoms with Crippen molar-refractivity contribution in [3.8, 4) is 5.75 Å². The molecule has 0 bridgehead atoms. The molecule has 6 heteroatoms. The van der Waals surface area contributed by atoms with Gasteiger partial charge in [-0.3, -0.25) is 14.7 Å². The Morgan fingerprint density at radius 1 is 1.27 bits per heavy atom. The molecule has 1 aliphatic heterocycles. The minimum absolute atomic E-state index is 0.0998. The van der Waals surface area contributed by atoms with Crippen LogP contribution in [0.25, 0.3) is 0 Å². The van der Waals surface area contributed by atoms with Crippen molar-refractivity contribution in [2.24, 2.45) is 5.73 Å². The van der Waals surface area contributed by atoms with Gasteiger partial charge in [-0.2, -0.15) is 0 Å². The molecule has 2 heterocycles. The maximum atomic E-state index is 10.8. The predicted octanol–water partition coefficient (Wildman–Crippen LogP) is 2.13. The van der Waals surface area contributed by atoms with Crippen LogP contribution < -0.4 is 10.5 Å². The third kappa shape index (κ3) is 5.82. The molecule has 1 aliphatic rings. The third-order valence-corrected chi connectivity index (χ3v) is 4.36. The van der Waals surface area contributed by atoms with E-state index in [0.29, 0.717) is 12.4 Å². The Bertz CT molecular complexity index is 708. The molecule has 1 amide bonds. The molecule has 2 N–H and O–H groups in total. The van der Waals surface area contributed by atoms with Gasteiger partial charge in [0.25, 0.3) is 5.91 Å². The number of carbonyl (C=O) groups is 1. The Morgan fingerprint density at radius 3 is 2.96 bits per heavy atom. The highest BCUT2D eigenvalue weighted by Crippen LogP contribution is 2.19. The lowest BCUT2D eigenvalue weighted by atomic mass is 10.1. The summed E-state index contributed by atoms with van der Waals surface area (Å²) in [5.74, 6) is 0.197. The summed E-state index contributed by atoms with van der Waals surface area (Å²) in [5, 5.41) is 0. The Labute approximate surface area is 153 Å². The van der Waals surface area contributed by atoms with Gasteiger partial charge in [0.05, 0.1) is 12.7 Å². The van der Waals surface area contributed by atoms with Crippen molar-refractivity contribution in [3.63, 3.8) is 0 Å². The van der Waals surface area contributed by atoms with E-state index < -0.39 is 5.91 Å². The number of pyridine rings is 1. The number of piperidine rings is 1. The van der Waals surface area contributed by atoms with Gasteiger partial charge in [0, 0.05) is 25.5 Å². The quantitative estimate of drug-likeness (QED) is 0.785. The molecular weight excluding hydrogens is 330 g/mol. The molecule has 6 nitrogen and oxygen atoms in total. The highest BCUT2D eigenvalue weighted by molar-refractivity contribution is 5.75. The summed E-state index contributed by atoms with van der Waals surface area (Å²) < 4.78 is 11.5. The van der Waals surface area contributed by atoms with Crippen LogP contribution in [0.5, 0.6) is 5.75 Å². The first kappa shape index (κ1) is 18.4. The predicted molar refractivity (Wildman–Crippen MR) is 98.5 cm³/mol. The number of nitrogens with zero attached hydrogens (tertiary/aromatic N) is 2. The second kappa shape index (κ2) is 9.31. The fourth-order valence-corrected chi connectivity index (χ4v) is 3.14. The molecule has 138 valence electrons. The van der Waals surface area contributed by atoms with Crippen LogP contribution >= 0.6 is 0 Å². The number of rotatable bonds is 8. The highest BCUT2D eigenvalue weighted by atomic mass is 16.5. The van der Waals surface area contributed by atoms with Gasteiger partial charge < -0.3 is 15.2 Å². The molecule has 1 aromatic heterocycles.